The molecule has 2 aromatic rings. The molecule has 3 rings (SSSR count). The van der Waals surface area contributed by atoms with E-state index in [1.54, 1.807) is 0 Å². The zero-order valence-electron chi connectivity index (χ0n) is 11.7. The van der Waals surface area contributed by atoms with Crippen molar-refractivity contribution in [1.82, 2.24) is 0 Å². The number of Topliss-reactive ketones (excluding diaryl/α,β-unsaturated/α-hetero) is 1. The lowest BCUT2D eigenvalue weighted by Gasteiger charge is -2.21. The van der Waals surface area contributed by atoms with Gasteiger partial charge in [0.2, 0.25) is 0 Å². The maximum absolute atomic E-state index is 11.7. The van der Waals surface area contributed by atoms with Crippen LogP contribution < -0.4 is 0 Å². The van der Waals surface area contributed by atoms with Crippen LogP contribution in [0.3, 0.4) is 0 Å². The maximum Gasteiger partial charge on any atom is 0.134 e. The van der Waals surface area contributed by atoms with Gasteiger partial charge in [0.05, 0.1) is 0 Å². The highest BCUT2D eigenvalue weighted by molar-refractivity contribution is 14.1. The van der Waals surface area contributed by atoms with Crippen LogP contribution in [-0.2, 0) is 4.79 Å². The molecule has 1 fully saturated rings. The summed E-state index contributed by atoms with van der Waals surface area (Å²) in [6, 6.07) is 17.0. The third-order valence-electron chi connectivity index (χ3n) is 3.78. The standard InChI is InChI=1S/C18H17IOS/c19-17-10-3-1-8-15(17)16-9-2-4-11-18(16)21-14-7-5-6-13(20)12-14/h1-4,8-11,14H,5-7,12H2. The zero-order valence-corrected chi connectivity index (χ0v) is 14.7. The summed E-state index contributed by atoms with van der Waals surface area (Å²) in [5.74, 6) is 0.422. The summed E-state index contributed by atoms with van der Waals surface area (Å²) < 4.78 is 1.27. The highest BCUT2D eigenvalue weighted by Crippen LogP contribution is 2.39. The van der Waals surface area contributed by atoms with E-state index < -0.39 is 0 Å². The fraction of sp³-hybridized carbons (Fsp3) is 0.278. The van der Waals surface area contributed by atoms with Crippen LogP contribution in [-0.4, -0.2) is 11.0 Å². The van der Waals surface area contributed by atoms with E-state index in [1.165, 1.54) is 19.6 Å². The first kappa shape index (κ1) is 15.1. The molecule has 0 radical (unpaired) electrons. The van der Waals surface area contributed by atoms with Crippen molar-refractivity contribution in [2.75, 3.05) is 0 Å². The lowest BCUT2D eigenvalue weighted by atomic mass is 9.99. The van der Waals surface area contributed by atoms with Gasteiger partial charge in [-0.05, 0) is 58.7 Å². The van der Waals surface area contributed by atoms with Gasteiger partial charge in [-0.3, -0.25) is 4.79 Å². The Labute approximate surface area is 143 Å². The number of hydrogen-bond donors (Lipinski definition) is 0. The van der Waals surface area contributed by atoms with Gasteiger partial charge in [0.1, 0.15) is 5.78 Å². The normalized spacial score (nSPS) is 18.7. The van der Waals surface area contributed by atoms with Crippen LogP contribution in [0.5, 0.6) is 0 Å². The Kier molecular flexibility index (Phi) is 5.01. The molecule has 0 heterocycles. The van der Waals surface area contributed by atoms with Crippen molar-refractivity contribution < 1.29 is 4.79 Å². The molecule has 1 aliphatic rings. The number of thioether (sulfide) groups is 1. The van der Waals surface area contributed by atoms with Gasteiger partial charge >= 0.3 is 0 Å². The van der Waals surface area contributed by atoms with E-state index in [-0.39, 0.29) is 0 Å². The number of hydrogen-bond acceptors (Lipinski definition) is 2. The minimum Gasteiger partial charge on any atom is -0.300 e. The van der Waals surface area contributed by atoms with E-state index in [0.717, 1.165) is 25.7 Å². The minimum absolute atomic E-state index is 0.422. The molecule has 0 amide bonds. The molecule has 0 saturated heterocycles. The highest BCUT2D eigenvalue weighted by atomic mass is 127. The second kappa shape index (κ2) is 6.97. The van der Waals surface area contributed by atoms with Crippen LogP contribution in [0.25, 0.3) is 11.1 Å². The van der Waals surface area contributed by atoms with E-state index in [9.17, 15) is 4.79 Å². The Morgan fingerprint density at radius 1 is 1.00 bits per heavy atom. The Bertz CT molecular complexity index is 653. The molecule has 0 spiro atoms. The van der Waals surface area contributed by atoms with E-state index in [4.69, 9.17) is 0 Å². The lowest BCUT2D eigenvalue weighted by Crippen LogP contribution is -2.16. The Balaban J connectivity index is 1.89. The molecular weight excluding hydrogens is 391 g/mol. The van der Waals surface area contributed by atoms with E-state index in [0.29, 0.717) is 11.0 Å². The number of benzene rings is 2. The first-order chi connectivity index (χ1) is 10.2. The molecule has 21 heavy (non-hydrogen) atoms. The van der Waals surface area contributed by atoms with Crippen molar-refractivity contribution in [2.45, 2.75) is 35.8 Å². The Morgan fingerprint density at radius 3 is 2.48 bits per heavy atom. The van der Waals surface area contributed by atoms with Gasteiger partial charge in [-0.25, -0.2) is 0 Å². The van der Waals surface area contributed by atoms with E-state index in [2.05, 4.69) is 71.1 Å². The molecule has 1 aliphatic carbocycles. The summed E-state index contributed by atoms with van der Waals surface area (Å²) in [4.78, 5) is 13.0. The summed E-state index contributed by atoms with van der Waals surface area (Å²) in [5.41, 5.74) is 2.56. The second-order valence-electron chi connectivity index (χ2n) is 5.35. The molecule has 3 heteroatoms. The van der Waals surface area contributed by atoms with Crippen LogP contribution in [0.2, 0.25) is 0 Å². The molecule has 0 bridgehead atoms. The minimum atomic E-state index is 0.422. The van der Waals surface area contributed by atoms with Crippen molar-refractivity contribution in [1.29, 1.82) is 0 Å². The summed E-state index contributed by atoms with van der Waals surface area (Å²) >= 11 is 4.27. The first-order valence-corrected chi connectivity index (χ1v) is 9.22. The number of rotatable bonds is 3. The van der Waals surface area contributed by atoms with Gasteiger partial charge in [-0.1, -0.05) is 36.4 Å². The lowest BCUT2D eigenvalue weighted by molar-refractivity contribution is -0.120. The fourth-order valence-corrected chi connectivity index (χ4v) is 4.79. The molecule has 0 N–H and O–H groups in total. The van der Waals surface area contributed by atoms with Gasteiger partial charge in [-0.2, -0.15) is 0 Å². The summed E-state index contributed by atoms with van der Waals surface area (Å²) in [6.45, 7) is 0. The predicted molar refractivity (Wildman–Crippen MR) is 97.7 cm³/mol. The van der Waals surface area contributed by atoms with E-state index >= 15 is 0 Å². The number of carbonyl (C=O) groups excluding carboxylic acids is 1. The number of ketones is 1. The SMILES string of the molecule is O=C1CCCC(Sc2ccccc2-c2ccccc2I)C1. The summed E-state index contributed by atoms with van der Waals surface area (Å²) in [6.07, 6.45) is 3.69. The van der Waals surface area contributed by atoms with Gasteiger partial charge in [0.25, 0.3) is 0 Å². The molecular formula is C18H17IOS. The molecule has 0 aliphatic heterocycles. The number of carbonyl (C=O) groups is 1. The molecule has 1 atom stereocenters. The predicted octanol–water partition coefficient (Wildman–Crippen LogP) is 5.56. The largest absolute Gasteiger partial charge is 0.300 e. The van der Waals surface area contributed by atoms with Crippen molar-refractivity contribution >= 4 is 40.1 Å². The summed E-state index contributed by atoms with van der Waals surface area (Å²) in [5, 5.41) is 0.439. The molecule has 2 aromatic carbocycles. The topological polar surface area (TPSA) is 17.1 Å². The maximum atomic E-state index is 11.7. The first-order valence-electron chi connectivity index (χ1n) is 7.26. The molecule has 0 aromatic heterocycles. The van der Waals surface area contributed by atoms with Gasteiger partial charge in [-0.15, -0.1) is 11.8 Å². The smallest absolute Gasteiger partial charge is 0.134 e. The molecule has 1 saturated carbocycles. The van der Waals surface area contributed by atoms with Crippen LogP contribution in [0.4, 0.5) is 0 Å². The van der Waals surface area contributed by atoms with Crippen molar-refractivity contribution in [3.63, 3.8) is 0 Å². The van der Waals surface area contributed by atoms with Crippen LogP contribution in [0.15, 0.2) is 53.4 Å². The average molecular weight is 408 g/mol. The monoisotopic (exact) mass is 408 g/mol. The van der Waals surface area contributed by atoms with Crippen LogP contribution in [0, 0.1) is 3.57 Å². The molecule has 1 nitrogen and oxygen atoms in total. The van der Waals surface area contributed by atoms with Gasteiger partial charge < -0.3 is 0 Å². The molecule has 108 valence electrons. The van der Waals surface area contributed by atoms with Gasteiger partial charge in [0.15, 0.2) is 0 Å². The van der Waals surface area contributed by atoms with Crippen molar-refractivity contribution in [2.24, 2.45) is 0 Å². The summed E-state index contributed by atoms with van der Waals surface area (Å²) in [7, 11) is 0. The van der Waals surface area contributed by atoms with Crippen molar-refractivity contribution in [3.05, 3.63) is 52.1 Å². The third-order valence-corrected chi connectivity index (χ3v) is 6.07. The van der Waals surface area contributed by atoms with E-state index in [1.807, 2.05) is 11.8 Å². The molecule has 1 unspecified atom stereocenters. The third kappa shape index (κ3) is 3.69. The number of halogens is 1. The fourth-order valence-electron chi connectivity index (χ4n) is 2.74. The van der Waals surface area contributed by atoms with Crippen molar-refractivity contribution in [3.8, 4) is 11.1 Å². The van der Waals surface area contributed by atoms with Crippen LogP contribution >= 0.6 is 34.4 Å². The van der Waals surface area contributed by atoms with Gasteiger partial charge in [0, 0.05) is 26.6 Å². The Morgan fingerprint density at radius 2 is 1.71 bits per heavy atom. The van der Waals surface area contributed by atoms with Crippen LogP contribution in [0.1, 0.15) is 25.7 Å². The zero-order chi connectivity index (χ0) is 14.7. The highest BCUT2D eigenvalue weighted by Gasteiger charge is 2.21. The average Bonchev–Trinajstić information content (AvgIpc) is 2.49. The quantitative estimate of drug-likeness (QED) is 0.619. The second-order valence-corrected chi connectivity index (χ2v) is 7.86. The Hall–Kier alpha value is -0.810.